The lowest BCUT2D eigenvalue weighted by atomic mass is 10.4. The predicted molar refractivity (Wildman–Crippen MR) is 57.0 cm³/mol. The molecule has 74 valence electrons. The number of nitrogens with one attached hydrogen (secondary N) is 1. The van der Waals surface area contributed by atoms with Gasteiger partial charge in [-0.25, -0.2) is 4.79 Å². The standard InChI is InChI=1S/C9H10N2O2S/c1-2-4-11-8(12)7-6(3-5-14-7)10-9(11)13/h3,5H,2,4H2,1H3,(H,10,13). The van der Waals surface area contributed by atoms with Gasteiger partial charge in [-0.2, -0.15) is 0 Å². The molecule has 2 aromatic heterocycles. The van der Waals surface area contributed by atoms with Crippen LogP contribution in [0.4, 0.5) is 0 Å². The van der Waals surface area contributed by atoms with E-state index in [0.29, 0.717) is 16.8 Å². The van der Waals surface area contributed by atoms with Gasteiger partial charge in [0.05, 0.1) is 5.52 Å². The Hall–Kier alpha value is -1.36. The average molecular weight is 210 g/mol. The predicted octanol–water partition coefficient (Wildman–Crippen LogP) is 1.16. The van der Waals surface area contributed by atoms with E-state index in [0.717, 1.165) is 6.42 Å². The molecule has 2 aromatic rings. The van der Waals surface area contributed by atoms with E-state index in [1.807, 2.05) is 6.92 Å². The minimum absolute atomic E-state index is 0.180. The van der Waals surface area contributed by atoms with E-state index in [9.17, 15) is 9.59 Å². The molecular formula is C9H10N2O2S. The summed E-state index contributed by atoms with van der Waals surface area (Å²) in [5.41, 5.74) is 0.140. The van der Waals surface area contributed by atoms with Gasteiger partial charge in [0.25, 0.3) is 5.56 Å². The number of hydrogen-bond acceptors (Lipinski definition) is 3. The molecule has 5 heteroatoms. The van der Waals surface area contributed by atoms with Crippen molar-refractivity contribution in [3.63, 3.8) is 0 Å². The minimum Gasteiger partial charge on any atom is -0.306 e. The molecule has 0 saturated heterocycles. The fraction of sp³-hybridized carbons (Fsp3) is 0.333. The third-order valence-electron chi connectivity index (χ3n) is 2.04. The van der Waals surface area contributed by atoms with Gasteiger partial charge < -0.3 is 4.98 Å². The number of nitrogens with zero attached hydrogens (tertiary/aromatic N) is 1. The molecule has 0 unspecified atom stereocenters. The van der Waals surface area contributed by atoms with Crippen LogP contribution in [0.3, 0.4) is 0 Å². The first-order valence-corrected chi connectivity index (χ1v) is 5.32. The van der Waals surface area contributed by atoms with E-state index in [1.165, 1.54) is 15.9 Å². The number of thiophene rings is 1. The summed E-state index contributed by atoms with van der Waals surface area (Å²) in [4.78, 5) is 25.9. The molecular weight excluding hydrogens is 200 g/mol. The van der Waals surface area contributed by atoms with E-state index in [4.69, 9.17) is 0 Å². The van der Waals surface area contributed by atoms with Gasteiger partial charge in [0.15, 0.2) is 0 Å². The Morgan fingerprint density at radius 2 is 2.29 bits per heavy atom. The quantitative estimate of drug-likeness (QED) is 0.808. The number of fused-ring (bicyclic) bond motifs is 1. The van der Waals surface area contributed by atoms with Gasteiger partial charge in [-0.1, -0.05) is 6.92 Å². The van der Waals surface area contributed by atoms with Gasteiger partial charge in [0, 0.05) is 6.54 Å². The fourth-order valence-electron chi connectivity index (χ4n) is 1.40. The Labute approximate surface area is 83.8 Å². The lowest BCUT2D eigenvalue weighted by molar-refractivity contribution is 0.624. The van der Waals surface area contributed by atoms with Crippen LogP contribution < -0.4 is 11.2 Å². The van der Waals surface area contributed by atoms with Crippen LogP contribution in [0.1, 0.15) is 13.3 Å². The van der Waals surface area contributed by atoms with Crippen LogP contribution in [0.15, 0.2) is 21.0 Å². The second-order valence-electron chi connectivity index (χ2n) is 3.05. The van der Waals surface area contributed by atoms with Crippen molar-refractivity contribution >= 4 is 21.6 Å². The van der Waals surface area contributed by atoms with Crippen molar-refractivity contribution in [2.24, 2.45) is 0 Å². The summed E-state index contributed by atoms with van der Waals surface area (Å²) in [6, 6.07) is 1.75. The normalized spacial score (nSPS) is 10.9. The zero-order valence-electron chi connectivity index (χ0n) is 7.74. The van der Waals surface area contributed by atoms with E-state index in [-0.39, 0.29) is 11.2 Å². The molecule has 0 fully saturated rings. The molecule has 0 spiro atoms. The number of hydrogen-bond donors (Lipinski definition) is 1. The van der Waals surface area contributed by atoms with Crippen molar-refractivity contribution in [2.45, 2.75) is 19.9 Å². The Balaban J connectivity index is 2.83. The van der Waals surface area contributed by atoms with Crippen molar-refractivity contribution < 1.29 is 0 Å². The van der Waals surface area contributed by atoms with Gasteiger partial charge in [0.1, 0.15) is 4.70 Å². The molecule has 1 N–H and O–H groups in total. The molecule has 0 radical (unpaired) electrons. The maximum atomic E-state index is 11.8. The van der Waals surface area contributed by atoms with E-state index < -0.39 is 0 Å². The highest BCUT2D eigenvalue weighted by atomic mass is 32.1. The third-order valence-corrected chi connectivity index (χ3v) is 2.94. The summed E-state index contributed by atoms with van der Waals surface area (Å²) < 4.78 is 1.87. The summed E-state index contributed by atoms with van der Waals surface area (Å²) in [6.45, 7) is 2.41. The molecule has 2 rings (SSSR count). The highest BCUT2D eigenvalue weighted by Gasteiger charge is 2.06. The molecule has 0 saturated carbocycles. The summed E-state index contributed by atoms with van der Waals surface area (Å²) in [5.74, 6) is 0. The molecule has 0 aliphatic carbocycles. The Morgan fingerprint density at radius 1 is 1.50 bits per heavy atom. The number of H-pyrrole nitrogens is 1. The number of rotatable bonds is 2. The van der Waals surface area contributed by atoms with Gasteiger partial charge in [-0.05, 0) is 17.9 Å². The van der Waals surface area contributed by atoms with Crippen molar-refractivity contribution in [1.29, 1.82) is 0 Å². The fourth-order valence-corrected chi connectivity index (χ4v) is 2.19. The molecule has 0 aliphatic heterocycles. The van der Waals surface area contributed by atoms with Crippen LogP contribution in [0, 0.1) is 0 Å². The minimum atomic E-state index is -0.317. The van der Waals surface area contributed by atoms with Crippen LogP contribution >= 0.6 is 11.3 Å². The first-order chi connectivity index (χ1) is 6.74. The third kappa shape index (κ3) is 1.29. The summed E-state index contributed by atoms with van der Waals surface area (Å²) in [6.07, 6.45) is 0.778. The highest BCUT2D eigenvalue weighted by molar-refractivity contribution is 7.17. The smallest absolute Gasteiger partial charge is 0.306 e. The van der Waals surface area contributed by atoms with Crippen molar-refractivity contribution in [3.8, 4) is 0 Å². The molecule has 0 aliphatic rings. The molecule has 0 amide bonds. The topological polar surface area (TPSA) is 54.9 Å². The lowest BCUT2D eigenvalue weighted by Crippen LogP contribution is -2.34. The van der Waals surface area contributed by atoms with Crippen LogP contribution in [-0.4, -0.2) is 9.55 Å². The lowest BCUT2D eigenvalue weighted by Gasteiger charge is -2.00. The van der Waals surface area contributed by atoms with Crippen LogP contribution in [0.5, 0.6) is 0 Å². The number of aromatic nitrogens is 2. The van der Waals surface area contributed by atoms with E-state index in [2.05, 4.69) is 4.98 Å². The second kappa shape index (κ2) is 3.42. The summed E-state index contributed by atoms with van der Waals surface area (Å²) in [7, 11) is 0. The van der Waals surface area contributed by atoms with Gasteiger partial charge in [-0.15, -0.1) is 11.3 Å². The van der Waals surface area contributed by atoms with Crippen LogP contribution in [0.25, 0.3) is 10.2 Å². The van der Waals surface area contributed by atoms with Crippen molar-refractivity contribution in [2.75, 3.05) is 0 Å². The van der Waals surface area contributed by atoms with Crippen LogP contribution in [-0.2, 0) is 6.54 Å². The maximum absolute atomic E-state index is 11.8. The van der Waals surface area contributed by atoms with Crippen molar-refractivity contribution in [3.05, 3.63) is 32.3 Å². The van der Waals surface area contributed by atoms with Crippen molar-refractivity contribution in [1.82, 2.24) is 9.55 Å². The second-order valence-corrected chi connectivity index (χ2v) is 3.97. The molecule has 0 aromatic carbocycles. The van der Waals surface area contributed by atoms with E-state index in [1.54, 1.807) is 11.4 Å². The van der Waals surface area contributed by atoms with Crippen LogP contribution in [0.2, 0.25) is 0 Å². The molecule has 4 nitrogen and oxygen atoms in total. The summed E-state index contributed by atoms with van der Waals surface area (Å²) >= 11 is 1.36. The first-order valence-electron chi connectivity index (χ1n) is 4.44. The molecule has 0 atom stereocenters. The number of aromatic amines is 1. The molecule has 0 bridgehead atoms. The Kier molecular flexibility index (Phi) is 2.25. The maximum Gasteiger partial charge on any atom is 0.328 e. The zero-order valence-corrected chi connectivity index (χ0v) is 8.56. The molecule has 14 heavy (non-hydrogen) atoms. The average Bonchev–Trinajstić information content (AvgIpc) is 2.60. The van der Waals surface area contributed by atoms with E-state index >= 15 is 0 Å². The monoisotopic (exact) mass is 210 g/mol. The Morgan fingerprint density at radius 3 is 3.00 bits per heavy atom. The van der Waals surface area contributed by atoms with Gasteiger partial charge in [0.2, 0.25) is 0 Å². The van der Waals surface area contributed by atoms with Gasteiger partial charge in [-0.3, -0.25) is 9.36 Å². The Bertz CT molecular complexity index is 564. The summed E-state index contributed by atoms with van der Waals surface area (Å²) in [5, 5.41) is 1.80. The largest absolute Gasteiger partial charge is 0.328 e. The first kappa shape index (κ1) is 9.21. The SMILES string of the molecule is CCCn1c(=O)[nH]c2ccsc2c1=O. The molecule has 2 heterocycles. The zero-order chi connectivity index (χ0) is 10.1. The van der Waals surface area contributed by atoms with Gasteiger partial charge >= 0.3 is 5.69 Å². The highest BCUT2D eigenvalue weighted by Crippen LogP contribution is 2.11.